The lowest BCUT2D eigenvalue weighted by Gasteiger charge is -2.21. The van der Waals surface area contributed by atoms with Crippen molar-refractivity contribution in [1.82, 2.24) is 0 Å². The van der Waals surface area contributed by atoms with Crippen molar-refractivity contribution in [3.8, 4) is 0 Å². The molecule has 23 heavy (non-hydrogen) atoms. The van der Waals surface area contributed by atoms with Crippen LogP contribution < -0.4 is 15.5 Å². The predicted molar refractivity (Wildman–Crippen MR) is 99.1 cm³/mol. The Hall–Kier alpha value is -1.91. The number of nitrogens with zero attached hydrogens (tertiary/aromatic N) is 1. The summed E-state index contributed by atoms with van der Waals surface area (Å²) in [4.78, 5) is 14.2. The third kappa shape index (κ3) is 4.78. The number of carbonyl (C=O) groups excluding carboxylic acids is 1. The summed E-state index contributed by atoms with van der Waals surface area (Å²) in [6.07, 6.45) is 0. The molecule has 4 nitrogen and oxygen atoms in total. The van der Waals surface area contributed by atoms with Crippen molar-refractivity contribution in [1.29, 1.82) is 0 Å². The molecule has 2 aromatic carbocycles. The van der Waals surface area contributed by atoms with Gasteiger partial charge in [-0.1, -0.05) is 23.2 Å². The predicted octanol–water partition coefficient (Wildman–Crippen LogP) is 5.48. The van der Waals surface area contributed by atoms with E-state index in [0.717, 1.165) is 24.5 Å². The summed E-state index contributed by atoms with van der Waals surface area (Å²) in [7, 11) is 0. The summed E-state index contributed by atoms with van der Waals surface area (Å²) in [6.45, 7) is 6.11. The molecular formula is C17H19Cl2N3O. The standard InChI is InChI=1S/C17H19Cl2N3O/c1-3-22(4-2)14-8-5-12(6-9-14)20-17(23)21-13-7-10-15(18)16(19)11-13/h5-11H,3-4H2,1-2H3,(H2,20,21,23). The first-order chi connectivity index (χ1) is 11.0. The first kappa shape index (κ1) is 17.4. The fraction of sp³-hybridized carbons (Fsp3) is 0.235. The molecule has 2 amide bonds. The molecule has 2 N–H and O–H groups in total. The SMILES string of the molecule is CCN(CC)c1ccc(NC(=O)Nc2ccc(Cl)c(Cl)c2)cc1. The molecule has 0 aliphatic rings. The first-order valence-electron chi connectivity index (χ1n) is 7.41. The van der Waals surface area contributed by atoms with Gasteiger partial charge in [-0.05, 0) is 56.3 Å². The van der Waals surface area contributed by atoms with E-state index in [-0.39, 0.29) is 6.03 Å². The van der Waals surface area contributed by atoms with E-state index in [0.29, 0.717) is 15.7 Å². The molecule has 0 spiro atoms. The molecule has 0 heterocycles. The quantitative estimate of drug-likeness (QED) is 0.748. The largest absolute Gasteiger partial charge is 0.372 e. The zero-order valence-corrected chi connectivity index (χ0v) is 14.6. The van der Waals surface area contributed by atoms with Crippen LogP contribution in [0.25, 0.3) is 0 Å². The Balaban J connectivity index is 1.98. The van der Waals surface area contributed by atoms with Gasteiger partial charge in [0.25, 0.3) is 0 Å². The molecule has 0 fully saturated rings. The van der Waals surface area contributed by atoms with Gasteiger partial charge in [0, 0.05) is 30.2 Å². The Morgan fingerprint density at radius 2 is 1.48 bits per heavy atom. The van der Waals surface area contributed by atoms with Gasteiger partial charge in [0.1, 0.15) is 0 Å². The molecule has 6 heteroatoms. The molecule has 0 unspecified atom stereocenters. The van der Waals surface area contributed by atoms with Crippen molar-refractivity contribution in [2.24, 2.45) is 0 Å². The number of carbonyl (C=O) groups is 1. The number of amides is 2. The van der Waals surface area contributed by atoms with Gasteiger partial charge in [0.15, 0.2) is 0 Å². The normalized spacial score (nSPS) is 10.3. The lowest BCUT2D eigenvalue weighted by atomic mass is 10.2. The number of hydrogen-bond acceptors (Lipinski definition) is 2. The molecule has 0 bridgehead atoms. The highest BCUT2D eigenvalue weighted by atomic mass is 35.5. The third-order valence-corrected chi connectivity index (χ3v) is 4.17. The van der Waals surface area contributed by atoms with Crippen molar-refractivity contribution < 1.29 is 4.79 Å². The number of anilines is 3. The zero-order chi connectivity index (χ0) is 16.8. The van der Waals surface area contributed by atoms with Crippen LogP contribution in [0.3, 0.4) is 0 Å². The number of hydrogen-bond donors (Lipinski definition) is 2. The van der Waals surface area contributed by atoms with Crippen LogP contribution in [0.1, 0.15) is 13.8 Å². The van der Waals surface area contributed by atoms with Gasteiger partial charge in [-0.25, -0.2) is 4.79 Å². The Morgan fingerprint density at radius 3 is 2.04 bits per heavy atom. The fourth-order valence-electron chi connectivity index (χ4n) is 2.21. The number of rotatable bonds is 5. The molecule has 0 aliphatic carbocycles. The molecule has 0 saturated carbocycles. The minimum Gasteiger partial charge on any atom is -0.372 e. The number of nitrogens with one attached hydrogen (secondary N) is 2. The number of halogens is 2. The lowest BCUT2D eigenvalue weighted by Crippen LogP contribution is -2.22. The molecule has 0 radical (unpaired) electrons. The molecule has 0 atom stereocenters. The summed E-state index contributed by atoms with van der Waals surface area (Å²) in [5.41, 5.74) is 2.43. The minimum atomic E-state index is -0.334. The van der Waals surface area contributed by atoms with Crippen molar-refractivity contribution in [3.05, 3.63) is 52.5 Å². The Bertz CT molecular complexity index is 670. The van der Waals surface area contributed by atoms with Crippen LogP contribution in [-0.2, 0) is 0 Å². The van der Waals surface area contributed by atoms with Crippen LogP contribution in [0.5, 0.6) is 0 Å². The van der Waals surface area contributed by atoms with E-state index in [4.69, 9.17) is 23.2 Å². The van der Waals surface area contributed by atoms with Gasteiger partial charge in [-0.15, -0.1) is 0 Å². The second-order valence-electron chi connectivity index (χ2n) is 4.93. The topological polar surface area (TPSA) is 44.4 Å². The highest BCUT2D eigenvalue weighted by molar-refractivity contribution is 6.42. The first-order valence-corrected chi connectivity index (χ1v) is 8.17. The Labute approximate surface area is 146 Å². The summed E-state index contributed by atoms with van der Waals surface area (Å²) >= 11 is 11.8. The fourth-order valence-corrected chi connectivity index (χ4v) is 2.51. The van der Waals surface area contributed by atoms with E-state index in [2.05, 4.69) is 29.4 Å². The van der Waals surface area contributed by atoms with Crippen LogP contribution in [0.2, 0.25) is 10.0 Å². The molecule has 2 rings (SSSR count). The van der Waals surface area contributed by atoms with E-state index < -0.39 is 0 Å². The van der Waals surface area contributed by atoms with Crippen LogP contribution in [0.15, 0.2) is 42.5 Å². The maximum absolute atomic E-state index is 12.0. The van der Waals surface area contributed by atoms with Gasteiger partial charge in [-0.3, -0.25) is 0 Å². The second-order valence-corrected chi connectivity index (χ2v) is 5.74. The zero-order valence-electron chi connectivity index (χ0n) is 13.1. The van der Waals surface area contributed by atoms with E-state index in [1.807, 2.05) is 24.3 Å². The minimum absolute atomic E-state index is 0.334. The maximum Gasteiger partial charge on any atom is 0.323 e. The average molecular weight is 352 g/mol. The van der Waals surface area contributed by atoms with Crippen molar-refractivity contribution >= 4 is 46.3 Å². The van der Waals surface area contributed by atoms with Crippen LogP contribution in [0.4, 0.5) is 21.9 Å². The Morgan fingerprint density at radius 1 is 0.913 bits per heavy atom. The molecular weight excluding hydrogens is 333 g/mol. The molecule has 2 aromatic rings. The Kier molecular flexibility index (Phi) is 6.13. The molecule has 0 saturated heterocycles. The maximum atomic E-state index is 12.0. The van der Waals surface area contributed by atoms with E-state index in [9.17, 15) is 4.79 Å². The van der Waals surface area contributed by atoms with Crippen molar-refractivity contribution in [3.63, 3.8) is 0 Å². The van der Waals surface area contributed by atoms with Gasteiger partial charge in [0.2, 0.25) is 0 Å². The van der Waals surface area contributed by atoms with Gasteiger partial charge >= 0.3 is 6.03 Å². The molecule has 122 valence electrons. The van der Waals surface area contributed by atoms with Crippen LogP contribution in [-0.4, -0.2) is 19.1 Å². The van der Waals surface area contributed by atoms with Crippen molar-refractivity contribution in [2.75, 3.05) is 28.6 Å². The summed E-state index contributed by atoms with van der Waals surface area (Å²) in [5.74, 6) is 0. The van der Waals surface area contributed by atoms with Gasteiger partial charge < -0.3 is 15.5 Å². The van der Waals surface area contributed by atoms with E-state index >= 15 is 0 Å². The highest BCUT2D eigenvalue weighted by Crippen LogP contribution is 2.25. The highest BCUT2D eigenvalue weighted by Gasteiger charge is 2.06. The lowest BCUT2D eigenvalue weighted by molar-refractivity contribution is 0.262. The van der Waals surface area contributed by atoms with Gasteiger partial charge in [-0.2, -0.15) is 0 Å². The summed E-state index contributed by atoms with van der Waals surface area (Å²) in [6, 6.07) is 12.3. The van der Waals surface area contributed by atoms with E-state index in [1.165, 1.54) is 0 Å². The molecule has 0 aliphatic heterocycles. The average Bonchev–Trinajstić information content (AvgIpc) is 2.53. The van der Waals surface area contributed by atoms with Gasteiger partial charge in [0.05, 0.1) is 10.0 Å². The summed E-state index contributed by atoms with van der Waals surface area (Å²) in [5, 5.41) is 6.34. The van der Waals surface area contributed by atoms with E-state index in [1.54, 1.807) is 18.2 Å². The smallest absolute Gasteiger partial charge is 0.323 e. The monoisotopic (exact) mass is 351 g/mol. The van der Waals surface area contributed by atoms with Crippen LogP contribution >= 0.6 is 23.2 Å². The second kappa shape index (κ2) is 8.09. The third-order valence-electron chi connectivity index (χ3n) is 3.43. The van der Waals surface area contributed by atoms with Crippen molar-refractivity contribution in [2.45, 2.75) is 13.8 Å². The number of urea groups is 1. The van der Waals surface area contributed by atoms with Crippen LogP contribution in [0, 0.1) is 0 Å². The summed E-state index contributed by atoms with van der Waals surface area (Å²) < 4.78 is 0. The number of benzene rings is 2. The molecule has 0 aromatic heterocycles.